The molecule has 94 valence electrons. The molecule has 0 aliphatic carbocycles. The van der Waals surface area contributed by atoms with Gasteiger partial charge in [0.1, 0.15) is 12.4 Å². The largest absolute Gasteiger partial charge is 0.481 e. The molecule has 0 heterocycles. The molecule has 7 heteroatoms. The van der Waals surface area contributed by atoms with Crippen LogP contribution in [0.3, 0.4) is 0 Å². The molecular weight excluding hydrogens is 236 g/mol. The molecule has 6 nitrogen and oxygen atoms in total. The van der Waals surface area contributed by atoms with Gasteiger partial charge in [-0.3, -0.25) is 13.8 Å². The van der Waals surface area contributed by atoms with Gasteiger partial charge in [0.15, 0.2) is 0 Å². The van der Waals surface area contributed by atoms with Gasteiger partial charge in [0, 0.05) is 23.2 Å². The zero-order chi connectivity index (χ0) is 12.4. The first-order valence-corrected chi connectivity index (χ1v) is 6.35. The Morgan fingerprint density at radius 1 is 1.31 bits per heavy atom. The maximum atomic E-state index is 11.2. The van der Waals surface area contributed by atoms with Crippen molar-refractivity contribution in [1.82, 2.24) is 0 Å². The monoisotopic (exact) mass is 252 g/mol. The Hall–Kier alpha value is -0.950. The Kier molecular flexibility index (Phi) is 8.74. The summed E-state index contributed by atoms with van der Waals surface area (Å²) in [6, 6.07) is 0. The van der Waals surface area contributed by atoms with E-state index in [2.05, 4.69) is 0 Å². The van der Waals surface area contributed by atoms with Crippen LogP contribution in [0.2, 0.25) is 0 Å². The third-order valence-corrected chi connectivity index (χ3v) is 2.73. The predicted octanol–water partition coefficient (Wildman–Crippen LogP) is -0.210. The molecule has 0 aliphatic heterocycles. The number of ether oxygens (including phenoxy) is 2. The summed E-state index contributed by atoms with van der Waals surface area (Å²) >= 11 is 0. The number of aliphatic carboxylic acids is 1. The predicted molar refractivity (Wildman–Crippen MR) is 57.6 cm³/mol. The third kappa shape index (κ3) is 9.60. The van der Waals surface area contributed by atoms with E-state index in [1.54, 1.807) is 0 Å². The van der Waals surface area contributed by atoms with Crippen LogP contribution in [0.15, 0.2) is 0 Å². The number of esters is 1. The lowest BCUT2D eigenvalue weighted by molar-refractivity contribution is -0.142. The molecule has 0 fully saturated rings. The molecule has 0 radical (unpaired) electrons. The Morgan fingerprint density at radius 3 is 2.56 bits per heavy atom. The van der Waals surface area contributed by atoms with E-state index in [-0.39, 0.29) is 24.5 Å². The fourth-order valence-corrected chi connectivity index (χ4v) is 1.70. The number of carboxylic acids is 1. The highest BCUT2D eigenvalue weighted by molar-refractivity contribution is 7.85. The van der Waals surface area contributed by atoms with Crippen LogP contribution < -0.4 is 0 Å². The van der Waals surface area contributed by atoms with Crippen LogP contribution in [-0.4, -0.2) is 52.6 Å². The summed E-state index contributed by atoms with van der Waals surface area (Å²) in [5.74, 6) is -1.92. The van der Waals surface area contributed by atoms with Gasteiger partial charge in [0.2, 0.25) is 0 Å². The average molecular weight is 252 g/mol. The van der Waals surface area contributed by atoms with Crippen LogP contribution in [0.1, 0.15) is 13.3 Å². The van der Waals surface area contributed by atoms with Gasteiger partial charge in [-0.25, -0.2) is 0 Å². The molecule has 1 N–H and O–H groups in total. The molecule has 0 amide bonds. The summed E-state index contributed by atoms with van der Waals surface area (Å²) in [4.78, 5) is 21.2. The van der Waals surface area contributed by atoms with Crippen molar-refractivity contribution < 1.29 is 28.4 Å². The molecule has 0 aromatic carbocycles. The zero-order valence-electron chi connectivity index (χ0n) is 9.14. The van der Waals surface area contributed by atoms with Gasteiger partial charge in [-0.2, -0.15) is 0 Å². The van der Waals surface area contributed by atoms with Crippen LogP contribution in [0.4, 0.5) is 0 Å². The highest BCUT2D eigenvalue weighted by Crippen LogP contribution is 1.91. The fraction of sp³-hybridized carbons (Fsp3) is 0.778. The number of carbonyl (C=O) groups excluding carboxylic acids is 1. The van der Waals surface area contributed by atoms with Crippen molar-refractivity contribution in [3.8, 4) is 0 Å². The molecule has 0 saturated carbocycles. The minimum atomic E-state index is -1.47. The van der Waals surface area contributed by atoms with Gasteiger partial charge in [-0.15, -0.1) is 0 Å². The van der Waals surface area contributed by atoms with E-state index in [0.29, 0.717) is 13.2 Å². The summed E-state index contributed by atoms with van der Waals surface area (Å²) in [6.07, 6.45) is -0.209. The molecule has 0 aromatic rings. The maximum absolute atomic E-state index is 11.2. The van der Waals surface area contributed by atoms with Crippen LogP contribution in [-0.2, 0) is 29.9 Å². The van der Waals surface area contributed by atoms with Gasteiger partial charge in [-0.1, -0.05) is 0 Å². The molecule has 0 aliphatic rings. The van der Waals surface area contributed by atoms with Crippen molar-refractivity contribution in [2.45, 2.75) is 13.3 Å². The van der Waals surface area contributed by atoms with Crippen molar-refractivity contribution in [2.24, 2.45) is 0 Å². The minimum Gasteiger partial charge on any atom is -0.481 e. The Morgan fingerprint density at radius 2 is 2.00 bits per heavy atom. The van der Waals surface area contributed by atoms with E-state index in [1.807, 2.05) is 6.92 Å². The van der Waals surface area contributed by atoms with E-state index in [0.717, 1.165) is 0 Å². The van der Waals surface area contributed by atoms with Crippen molar-refractivity contribution >= 4 is 22.7 Å². The first-order valence-electron chi connectivity index (χ1n) is 4.86. The third-order valence-electron chi connectivity index (χ3n) is 1.52. The number of rotatable bonds is 9. The zero-order valence-corrected chi connectivity index (χ0v) is 9.96. The van der Waals surface area contributed by atoms with E-state index >= 15 is 0 Å². The number of hydrogen-bond acceptors (Lipinski definition) is 5. The van der Waals surface area contributed by atoms with Crippen molar-refractivity contribution in [2.75, 3.05) is 31.3 Å². The average Bonchev–Trinajstić information content (AvgIpc) is 2.21. The summed E-state index contributed by atoms with van der Waals surface area (Å²) in [5, 5.41) is 8.33. The van der Waals surface area contributed by atoms with E-state index in [1.165, 1.54) is 0 Å². The molecule has 0 aromatic heterocycles. The lowest BCUT2D eigenvalue weighted by Gasteiger charge is -2.04. The van der Waals surface area contributed by atoms with E-state index in [9.17, 15) is 13.8 Å². The summed E-state index contributed by atoms with van der Waals surface area (Å²) in [5.41, 5.74) is 0. The molecule has 16 heavy (non-hydrogen) atoms. The summed E-state index contributed by atoms with van der Waals surface area (Å²) < 4.78 is 20.8. The van der Waals surface area contributed by atoms with E-state index in [4.69, 9.17) is 14.6 Å². The first kappa shape index (κ1) is 15.0. The molecule has 0 bridgehead atoms. The molecule has 0 saturated heterocycles. The lowest BCUT2D eigenvalue weighted by Crippen LogP contribution is -2.19. The van der Waals surface area contributed by atoms with Gasteiger partial charge < -0.3 is 14.6 Å². The summed E-state index contributed by atoms with van der Waals surface area (Å²) in [6.45, 7) is 2.80. The van der Waals surface area contributed by atoms with Crippen molar-refractivity contribution in [1.29, 1.82) is 0 Å². The standard InChI is InChI=1S/C9H16O6S/c1-2-14-4-5-15-9(12)7-16(13)6-3-8(10)11/h2-7H2,1H3,(H,10,11). The second-order valence-electron chi connectivity index (χ2n) is 2.85. The molecule has 1 unspecified atom stereocenters. The van der Waals surface area contributed by atoms with E-state index < -0.39 is 22.7 Å². The maximum Gasteiger partial charge on any atom is 0.318 e. The number of carbonyl (C=O) groups is 2. The normalized spacial score (nSPS) is 12.1. The lowest BCUT2D eigenvalue weighted by atomic mass is 10.5. The topological polar surface area (TPSA) is 89.9 Å². The number of carboxylic acid groups (broad SMARTS) is 1. The van der Waals surface area contributed by atoms with Crippen LogP contribution in [0.25, 0.3) is 0 Å². The van der Waals surface area contributed by atoms with Crippen molar-refractivity contribution in [3.63, 3.8) is 0 Å². The highest BCUT2D eigenvalue weighted by atomic mass is 32.2. The number of hydrogen-bond donors (Lipinski definition) is 1. The van der Waals surface area contributed by atoms with Gasteiger partial charge in [0.05, 0.1) is 13.0 Å². The fourth-order valence-electron chi connectivity index (χ4n) is 0.805. The van der Waals surface area contributed by atoms with Crippen molar-refractivity contribution in [3.05, 3.63) is 0 Å². The second-order valence-corrected chi connectivity index (χ2v) is 4.43. The Balaban J connectivity index is 3.54. The summed E-state index contributed by atoms with van der Waals surface area (Å²) in [7, 11) is -1.47. The van der Waals surface area contributed by atoms with Crippen LogP contribution in [0, 0.1) is 0 Å². The molecule has 1 atom stereocenters. The van der Waals surface area contributed by atoms with Gasteiger partial charge in [0.25, 0.3) is 0 Å². The quantitative estimate of drug-likeness (QED) is 0.451. The highest BCUT2D eigenvalue weighted by Gasteiger charge is 2.10. The second kappa shape index (κ2) is 9.29. The molecule has 0 spiro atoms. The Labute approximate surface area is 96.4 Å². The molecule has 0 rings (SSSR count). The SMILES string of the molecule is CCOCCOC(=O)CS(=O)CCC(=O)O. The smallest absolute Gasteiger partial charge is 0.318 e. The van der Waals surface area contributed by atoms with Crippen LogP contribution in [0.5, 0.6) is 0 Å². The Bertz CT molecular complexity index is 252. The van der Waals surface area contributed by atoms with Gasteiger partial charge >= 0.3 is 11.9 Å². The molecular formula is C9H16O6S. The van der Waals surface area contributed by atoms with Gasteiger partial charge in [-0.05, 0) is 6.92 Å². The van der Waals surface area contributed by atoms with Crippen LogP contribution >= 0.6 is 0 Å². The minimum absolute atomic E-state index is 0.0319. The first-order chi connectivity index (χ1) is 7.56.